The Morgan fingerprint density at radius 2 is 2.00 bits per heavy atom. The van der Waals surface area contributed by atoms with E-state index in [9.17, 15) is 0 Å². The highest BCUT2D eigenvalue weighted by atomic mass is 35.5. The molecule has 1 saturated heterocycles. The summed E-state index contributed by atoms with van der Waals surface area (Å²) in [6.45, 7) is 0.785. The van der Waals surface area contributed by atoms with E-state index in [0.717, 1.165) is 13.0 Å². The van der Waals surface area contributed by atoms with Crippen LogP contribution in [0.2, 0.25) is 0 Å². The van der Waals surface area contributed by atoms with Crippen molar-refractivity contribution >= 4 is 11.6 Å². The van der Waals surface area contributed by atoms with Crippen molar-refractivity contribution in [2.24, 2.45) is 0 Å². The van der Waals surface area contributed by atoms with E-state index in [0.29, 0.717) is 0 Å². The maximum atomic E-state index is 6.09. The first kappa shape index (κ1) is 8.09. The summed E-state index contributed by atoms with van der Waals surface area (Å²) in [6.07, 6.45) is 1.06. The summed E-state index contributed by atoms with van der Waals surface area (Å²) < 4.78 is 5.52. The number of alkyl halides is 1. The van der Waals surface area contributed by atoms with E-state index in [4.69, 9.17) is 16.3 Å². The molecule has 0 aromatic heterocycles. The normalized spacial score (nSPS) is 29.1. The van der Waals surface area contributed by atoms with Crippen LogP contribution in [0, 0.1) is 0 Å². The highest BCUT2D eigenvalue weighted by Gasteiger charge is 2.27. The van der Waals surface area contributed by atoms with Crippen LogP contribution in [0.25, 0.3) is 0 Å². The molecule has 1 aromatic carbocycles. The average Bonchev–Trinajstić information content (AvgIpc) is 2.53. The van der Waals surface area contributed by atoms with Gasteiger partial charge in [0.15, 0.2) is 0 Å². The number of ether oxygens (including phenoxy) is 1. The van der Waals surface area contributed by atoms with Crippen LogP contribution in [0.15, 0.2) is 30.3 Å². The predicted octanol–water partition coefficient (Wildman–Crippen LogP) is 2.76. The fourth-order valence-corrected chi connectivity index (χ4v) is 1.82. The lowest BCUT2D eigenvalue weighted by atomic mass is 10.1. The van der Waals surface area contributed by atoms with Gasteiger partial charge >= 0.3 is 0 Å². The van der Waals surface area contributed by atoms with Crippen molar-refractivity contribution in [3.8, 4) is 0 Å². The van der Waals surface area contributed by atoms with E-state index < -0.39 is 0 Å². The molecule has 64 valence electrons. The Morgan fingerprint density at radius 3 is 2.58 bits per heavy atom. The third-order valence-corrected chi connectivity index (χ3v) is 2.59. The van der Waals surface area contributed by atoms with Crippen LogP contribution >= 0.6 is 11.6 Å². The van der Waals surface area contributed by atoms with Crippen LogP contribution < -0.4 is 0 Å². The molecule has 2 heteroatoms. The molecule has 2 unspecified atom stereocenters. The zero-order chi connectivity index (χ0) is 8.39. The smallest absolute Gasteiger partial charge is 0.0989 e. The SMILES string of the molecule is ClC1CCOC1c1ccccc1. The first-order valence-electron chi connectivity index (χ1n) is 4.18. The van der Waals surface area contributed by atoms with E-state index >= 15 is 0 Å². The first-order valence-corrected chi connectivity index (χ1v) is 4.62. The second-order valence-electron chi connectivity index (χ2n) is 3.01. The zero-order valence-electron chi connectivity index (χ0n) is 6.74. The van der Waals surface area contributed by atoms with Crippen molar-refractivity contribution in [2.75, 3.05) is 6.61 Å². The van der Waals surface area contributed by atoms with Gasteiger partial charge in [-0.25, -0.2) is 0 Å². The fraction of sp³-hybridized carbons (Fsp3) is 0.400. The Balaban J connectivity index is 2.19. The molecule has 1 aromatic rings. The average molecular weight is 183 g/mol. The van der Waals surface area contributed by atoms with Crippen LogP contribution in [0.5, 0.6) is 0 Å². The maximum Gasteiger partial charge on any atom is 0.0989 e. The molecular formula is C10H11ClO. The Bertz CT molecular complexity index is 247. The Morgan fingerprint density at radius 1 is 1.25 bits per heavy atom. The van der Waals surface area contributed by atoms with Crippen molar-refractivity contribution in [3.05, 3.63) is 35.9 Å². The van der Waals surface area contributed by atoms with Gasteiger partial charge in [0.05, 0.1) is 11.5 Å². The van der Waals surface area contributed by atoms with Gasteiger partial charge < -0.3 is 4.74 Å². The van der Waals surface area contributed by atoms with Crippen molar-refractivity contribution in [1.82, 2.24) is 0 Å². The van der Waals surface area contributed by atoms with Crippen LogP contribution in [-0.2, 0) is 4.74 Å². The van der Waals surface area contributed by atoms with Gasteiger partial charge in [-0.1, -0.05) is 30.3 Å². The van der Waals surface area contributed by atoms with Crippen LogP contribution in [0.1, 0.15) is 18.1 Å². The second-order valence-corrected chi connectivity index (χ2v) is 3.57. The quantitative estimate of drug-likeness (QED) is 0.607. The van der Waals surface area contributed by atoms with Gasteiger partial charge in [0, 0.05) is 6.61 Å². The highest BCUT2D eigenvalue weighted by Crippen LogP contribution is 2.32. The molecule has 1 aliphatic rings. The molecule has 0 amide bonds. The maximum absolute atomic E-state index is 6.09. The number of rotatable bonds is 1. The molecule has 1 fully saturated rings. The minimum Gasteiger partial charge on any atom is -0.372 e. The lowest BCUT2D eigenvalue weighted by molar-refractivity contribution is 0.113. The van der Waals surface area contributed by atoms with Gasteiger partial charge in [-0.2, -0.15) is 0 Å². The highest BCUT2D eigenvalue weighted by molar-refractivity contribution is 6.21. The van der Waals surface area contributed by atoms with E-state index in [1.807, 2.05) is 18.2 Å². The Hall–Kier alpha value is -0.530. The van der Waals surface area contributed by atoms with E-state index in [-0.39, 0.29) is 11.5 Å². The summed E-state index contributed by atoms with van der Waals surface area (Å²) in [5.41, 5.74) is 1.19. The van der Waals surface area contributed by atoms with E-state index in [2.05, 4.69) is 12.1 Å². The van der Waals surface area contributed by atoms with Crippen molar-refractivity contribution in [1.29, 1.82) is 0 Å². The molecule has 12 heavy (non-hydrogen) atoms. The molecule has 2 rings (SSSR count). The first-order chi connectivity index (χ1) is 5.88. The lowest BCUT2D eigenvalue weighted by Gasteiger charge is -2.12. The molecule has 1 aliphatic heterocycles. The lowest BCUT2D eigenvalue weighted by Crippen LogP contribution is -2.05. The molecule has 0 aliphatic carbocycles. The van der Waals surface area contributed by atoms with Gasteiger partial charge in [-0.05, 0) is 12.0 Å². The number of hydrogen-bond donors (Lipinski definition) is 0. The van der Waals surface area contributed by atoms with Crippen LogP contribution in [0.3, 0.4) is 0 Å². The molecule has 0 radical (unpaired) electrons. The fourth-order valence-electron chi connectivity index (χ4n) is 1.51. The minimum absolute atomic E-state index is 0.105. The van der Waals surface area contributed by atoms with Gasteiger partial charge in [0.2, 0.25) is 0 Å². The van der Waals surface area contributed by atoms with Crippen LogP contribution in [-0.4, -0.2) is 12.0 Å². The summed E-state index contributed by atoms with van der Waals surface area (Å²) >= 11 is 6.09. The van der Waals surface area contributed by atoms with Gasteiger partial charge in [-0.3, -0.25) is 0 Å². The van der Waals surface area contributed by atoms with Crippen molar-refractivity contribution in [3.63, 3.8) is 0 Å². The zero-order valence-corrected chi connectivity index (χ0v) is 7.50. The summed E-state index contributed by atoms with van der Waals surface area (Å²) in [7, 11) is 0. The third kappa shape index (κ3) is 1.47. The summed E-state index contributed by atoms with van der Waals surface area (Å²) in [6, 6.07) is 10.2. The largest absolute Gasteiger partial charge is 0.372 e. The summed E-state index contributed by atoms with van der Waals surface area (Å²) in [5, 5.41) is 0.146. The monoisotopic (exact) mass is 182 g/mol. The summed E-state index contributed by atoms with van der Waals surface area (Å²) in [4.78, 5) is 0. The molecule has 0 saturated carbocycles. The van der Waals surface area contributed by atoms with Crippen molar-refractivity contribution in [2.45, 2.75) is 17.9 Å². The minimum atomic E-state index is 0.105. The molecule has 1 nitrogen and oxygen atoms in total. The molecule has 1 heterocycles. The number of benzene rings is 1. The van der Waals surface area contributed by atoms with Gasteiger partial charge in [-0.15, -0.1) is 11.6 Å². The van der Waals surface area contributed by atoms with Crippen molar-refractivity contribution < 1.29 is 4.74 Å². The molecule has 2 atom stereocenters. The standard InChI is InChI=1S/C10H11ClO/c11-9-6-7-12-10(9)8-4-2-1-3-5-8/h1-5,9-10H,6-7H2. The number of hydrogen-bond acceptors (Lipinski definition) is 1. The van der Waals surface area contributed by atoms with Gasteiger partial charge in [0.1, 0.15) is 0 Å². The van der Waals surface area contributed by atoms with E-state index in [1.54, 1.807) is 0 Å². The third-order valence-electron chi connectivity index (χ3n) is 2.15. The van der Waals surface area contributed by atoms with Crippen LogP contribution in [0.4, 0.5) is 0 Å². The number of halogens is 1. The predicted molar refractivity (Wildman–Crippen MR) is 49.4 cm³/mol. The molecule has 0 spiro atoms. The molecule has 0 bridgehead atoms. The second kappa shape index (κ2) is 3.46. The van der Waals surface area contributed by atoms with Gasteiger partial charge in [0.25, 0.3) is 0 Å². The topological polar surface area (TPSA) is 9.23 Å². The summed E-state index contributed by atoms with van der Waals surface area (Å²) in [5.74, 6) is 0. The molecular weight excluding hydrogens is 172 g/mol. The molecule has 0 N–H and O–H groups in total. The Kier molecular flexibility index (Phi) is 2.33. The Labute approximate surface area is 77.3 Å². The van der Waals surface area contributed by atoms with E-state index in [1.165, 1.54) is 5.56 Å².